The summed E-state index contributed by atoms with van der Waals surface area (Å²) >= 11 is 6.18. The molecule has 2 heterocycles. The lowest BCUT2D eigenvalue weighted by atomic mass is 10.1. The van der Waals surface area contributed by atoms with Crippen molar-refractivity contribution in [3.05, 3.63) is 38.9 Å². The molecule has 22 heavy (non-hydrogen) atoms. The predicted octanol–water partition coefficient (Wildman–Crippen LogP) is 1.73. The predicted molar refractivity (Wildman–Crippen MR) is 86.2 cm³/mol. The maximum atomic E-state index is 10.7. The zero-order valence-corrected chi connectivity index (χ0v) is 13.3. The number of benzene rings is 1. The topological polar surface area (TPSA) is 61.7 Å². The van der Waals surface area contributed by atoms with E-state index in [2.05, 4.69) is 15.1 Å². The second-order valence-electron chi connectivity index (χ2n) is 5.99. The lowest BCUT2D eigenvalue weighted by Crippen LogP contribution is -2.50. The summed E-state index contributed by atoms with van der Waals surface area (Å²) in [4.78, 5) is 15.3. The SMILES string of the molecule is O=[N+]([O-])c1ccc(CN2CCN(C3CCNC3)CC2)c(Cl)c1. The molecule has 1 unspecified atom stereocenters. The number of nitro groups is 1. The molecule has 2 saturated heterocycles. The minimum absolute atomic E-state index is 0.0484. The van der Waals surface area contributed by atoms with Gasteiger partial charge in [-0.05, 0) is 24.6 Å². The first kappa shape index (κ1) is 15.7. The first-order chi connectivity index (χ1) is 10.6. The molecular weight excluding hydrogens is 304 g/mol. The molecule has 0 spiro atoms. The fourth-order valence-corrected chi connectivity index (χ4v) is 3.49. The summed E-state index contributed by atoms with van der Waals surface area (Å²) in [6.07, 6.45) is 1.24. The third-order valence-corrected chi connectivity index (χ3v) is 4.95. The van der Waals surface area contributed by atoms with Gasteiger partial charge in [0, 0.05) is 57.4 Å². The molecule has 2 fully saturated rings. The summed E-state index contributed by atoms with van der Waals surface area (Å²) in [7, 11) is 0. The van der Waals surface area contributed by atoms with Crippen molar-refractivity contribution < 1.29 is 4.92 Å². The Balaban J connectivity index is 1.55. The Bertz CT molecular complexity index is 540. The number of nitrogens with one attached hydrogen (secondary N) is 1. The highest BCUT2D eigenvalue weighted by atomic mass is 35.5. The summed E-state index contributed by atoms with van der Waals surface area (Å²) in [6, 6.07) is 5.43. The average molecular weight is 325 g/mol. The van der Waals surface area contributed by atoms with Crippen LogP contribution in [0.1, 0.15) is 12.0 Å². The number of hydrogen-bond acceptors (Lipinski definition) is 5. The van der Waals surface area contributed by atoms with Gasteiger partial charge in [-0.2, -0.15) is 0 Å². The molecule has 0 radical (unpaired) electrons. The Morgan fingerprint density at radius 3 is 2.68 bits per heavy atom. The fourth-order valence-electron chi connectivity index (χ4n) is 3.26. The summed E-state index contributed by atoms with van der Waals surface area (Å²) in [5.74, 6) is 0. The third kappa shape index (κ3) is 3.57. The Labute approximate surface area is 135 Å². The number of hydrogen-bond donors (Lipinski definition) is 1. The van der Waals surface area contributed by atoms with Crippen LogP contribution in [-0.2, 0) is 6.54 Å². The van der Waals surface area contributed by atoms with E-state index in [1.54, 1.807) is 6.07 Å². The lowest BCUT2D eigenvalue weighted by molar-refractivity contribution is -0.384. The Morgan fingerprint density at radius 2 is 2.09 bits per heavy atom. The Morgan fingerprint density at radius 1 is 1.32 bits per heavy atom. The van der Waals surface area contributed by atoms with E-state index >= 15 is 0 Å². The van der Waals surface area contributed by atoms with Crippen molar-refractivity contribution in [1.29, 1.82) is 0 Å². The van der Waals surface area contributed by atoms with Gasteiger partial charge in [-0.3, -0.25) is 19.9 Å². The van der Waals surface area contributed by atoms with Gasteiger partial charge in [0.25, 0.3) is 5.69 Å². The van der Waals surface area contributed by atoms with E-state index in [9.17, 15) is 10.1 Å². The Hall–Kier alpha value is -1.21. The highest BCUT2D eigenvalue weighted by molar-refractivity contribution is 6.31. The van der Waals surface area contributed by atoms with E-state index in [4.69, 9.17) is 11.6 Å². The maximum absolute atomic E-state index is 10.7. The van der Waals surface area contributed by atoms with Gasteiger partial charge in [0.2, 0.25) is 0 Å². The highest BCUT2D eigenvalue weighted by Crippen LogP contribution is 2.24. The van der Waals surface area contributed by atoms with Crippen molar-refractivity contribution in [2.24, 2.45) is 0 Å². The van der Waals surface area contributed by atoms with Crippen LogP contribution >= 0.6 is 11.6 Å². The molecule has 6 nitrogen and oxygen atoms in total. The first-order valence-corrected chi connectivity index (χ1v) is 8.11. The Kier molecular flexibility index (Phi) is 4.93. The van der Waals surface area contributed by atoms with E-state index < -0.39 is 4.92 Å². The molecule has 1 atom stereocenters. The second kappa shape index (κ2) is 6.91. The zero-order chi connectivity index (χ0) is 15.5. The standard InChI is InChI=1S/C15H21ClN4O2/c16-15-9-13(20(21)22)2-1-12(15)11-18-5-7-19(8-6-18)14-3-4-17-10-14/h1-2,9,14,17H,3-8,10-11H2. The minimum Gasteiger partial charge on any atom is -0.315 e. The van der Waals surface area contributed by atoms with Crippen molar-refractivity contribution in [3.8, 4) is 0 Å². The van der Waals surface area contributed by atoms with Gasteiger partial charge in [0.1, 0.15) is 0 Å². The molecule has 0 bridgehead atoms. The van der Waals surface area contributed by atoms with Crippen LogP contribution in [-0.4, -0.2) is 60.0 Å². The molecule has 1 aromatic rings. The van der Waals surface area contributed by atoms with E-state index in [0.717, 1.165) is 51.4 Å². The fraction of sp³-hybridized carbons (Fsp3) is 0.600. The van der Waals surface area contributed by atoms with Crippen molar-refractivity contribution in [2.45, 2.75) is 19.0 Å². The van der Waals surface area contributed by atoms with Crippen LogP contribution in [0.3, 0.4) is 0 Å². The quantitative estimate of drug-likeness (QED) is 0.675. The number of halogens is 1. The van der Waals surface area contributed by atoms with Gasteiger partial charge in [-0.25, -0.2) is 0 Å². The van der Waals surface area contributed by atoms with Crippen LogP contribution in [0.25, 0.3) is 0 Å². The molecule has 2 aliphatic heterocycles. The van der Waals surface area contributed by atoms with Crippen LogP contribution < -0.4 is 5.32 Å². The van der Waals surface area contributed by atoms with Crippen molar-refractivity contribution in [2.75, 3.05) is 39.3 Å². The number of non-ortho nitro benzene ring substituents is 1. The van der Waals surface area contributed by atoms with Crippen LogP contribution in [0.15, 0.2) is 18.2 Å². The molecule has 120 valence electrons. The monoisotopic (exact) mass is 324 g/mol. The smallest absolute Gasteiger partial charge is 0.270 e. The van der Waals surface area contributed by atoms with Crippen LogP contribution in [0.5, 0.6) is 0 Å². The molecule has 7 heteroatoms. The van der Waals surface area contributed by atoms with E-state index in [1.807, 2.05) is 0 Å². The summed E-state index contributed by atoms with van der Waals surface area (Å²) in [5, 5.41) is 14.6. The molecule has 0 aromatic heterocycles. The number of rotatable bonds is 4. The van der Waals surface area contributed by atoms with Crippen LogP contribution in [0, 0.1) is 10.1 Å². The van der Waals surface area contributed by atoms with Crippen molar-refractivity contribution in [3.63, 3.8) is 0 Å². The molecule has 0 aliphatic carbocycles. The molecule has 3 rings (SSSR count). The van der Waals surface area contributed by atoms with Gasteiger partial charge in [-0.15, -0.1) is 0 Å². The molecular formula is C15H21ClN4O2. The minimum atomic E-state index is -0.413. The number of nitro benzene ring substituents is 1. The van der Waals surface area contributed by atoms with Gasteiger partial charge < -0.3 is 5.32 Å². The summed E-state index contributed by atoms with van der Waals surface area (Å²) in [5.41, 5.74) is 1.01. The van der Waals surface area contributed by atoms with Gasteiger partial charge in [0.15, 0.2) is 0 Å². The lowest BCUT2D eigenvalue weighted by Gasteiger charge is -2.37. The summed E-state index contributed by atoms with van der Waals surface area (Å²) in [6.45, 7) is 7.19. The van der Waals surface area contributed by atoms with Gasteiger partial charge >= 0.3 is 0 Å². The largest absolute Gasteiger partial charge is 0.315 e. The average Bonchev–Trinajstić information content (AvgIpc) is 3.04. The molecule has 1 aromatic carbocycles. The van der Waals surface area contributed by atoms with Gasteiger partial charge in [-0.1, -0.05) is 11.6 Å². The summed E-state index contributed by atoms with van der Waals surface area (Å²) < 4.78 is 0. The normalized spacial score (nSPS) is 23.8. The van der Waals surface area contributed by atoms with Crippen LogP contribution in [0.2, 0.25) is 5.02 Å². The second-order valence-corrected chi connectivity index (χ2v) is 6.40. The van der Waals surface area contributed by atoms with E-state index in [0.29, 0.717) is 11.1 Å². The third-order valence-electron chi connectivity index (χ3n) is 4.60. The molecule has 2 aliphatic rings. The van der Waals surface area contributed by atoms with E-state index in [1.165, 1.54) is 18.6 Å². The van der Waals surface area contributed by atoms with Gasteiger partial charge in [0.05, 0.1) is 9.95 Å². The number of piperazine rings is 1. The zero-order valence-electron chi connectivity index (χ0n) is 12.5. The molecule has 0 saturated carbocycles. The molecule has 1 N–H and O–H groups in total. The van der Waals surface area contributed by atoms with Crippen molar-refractivity contribution >= 4 is 17.3 Å². The maximum Gasteiger partial charge on any atom is 0.270 e. The van der Waals surface area contributed by atoms with E-state index in [-0.39, 0.29) is 5.69 Å². The number of nitrogens with zero attached hydrogens (tertiary/aromatic N) is 3. The first-order valence-electron chi connectivity index (χ1n) is 7.73. The highest BCUT2D eigenvalue weighted by Gasteiger charge is 2.26. The van der Waals surface area contributed by atoms with Crippen molar-refractivity contribution in [1.82, 2.24) is 15.1 Å². The van der Waals surface area contributed by atoms with Crippen LogP contribution in [0.4, 0.5) is 5.69 Å². The molecule has 0 amide bonds.